The van der Waals surface area contributed by atoms with E-state index in [2.05, 4.69) is 4.98 Å². The van der Waals surface area contributed by atoms with Gasteiger partial charge in [0.15, 0.2) is 0 Å². The predicted octanol–water partition coefficient (Wildman–Crippen LogP) is 1.64. The lowest BCUT2D eigenvalue weighted by atomic mass is 9.93. The molecule has 1 fully saturated rings. The Hall–Kier alpha value is -1.30. The number of aromatic nitrogens is 1. The van der Waals surface area contributed by atoms with Crippen molar-refractivity contribution in [2.75, 3.05) is 18.0 Å². The Morgan fingerprint density at radius 2 is 2.06 bits per heavy atom. The molecule has 0 aliphatic carbocycles. The van der Waals surface area contributed by atoms with Crippen molar-refractivity contribution in [3.05, 3.63) is 23.9 Å². The second-order valence-electron chi connectivity index (χ2n) is 4.38. The molecule has 0 bridgehead atoms. The zero-order chi connectivity index (χ0) is 12.0. The van der Waals surface area contributed by atoms with E-state index in [0.717, 1.165) is 6.07 Å². The number of hydrogen-bond acceptors (Lipinski definition) is 3. The maximum Gasteiger partial charge on any atom is 0.419 e. The minimum absolute atomic E-state index is 0.0297. The highest BCUT2D eigenvalue weighted by atomic mass is 19.4. The van der Waals surface area contributed by atoms with Crippen LogP contribution < -0.4 is 10.6 Å². The summed E-state index contributed by atoms with van der Waals surface area (Å²) in [4.78, 5) is 5.33. The minimum atomic E-state index is -4.37. The zero-order valence-corrected chi connectivity index (χ0v) is 8.75. The monoisotopic (exact) mass is 231 g/mol. The van der Waals surface area contributed by atoms with Gasteiger partial charge in [-0.05, 0) is 19.1 Å². The van der Waals surface area contributed by atoms with E-state index in [1.807, 2.05) is 0 Å². The fourth-order valence-electron chi connectivity index (χ4n) is 1.85. The van der Waals surface area contributed by atoms with E-state index in [4.69, 9.17) is 5.73 Å². The van der Waals surface area contributed by atoms with Crippen molar-refractivity contribution < 1.29 is 13.2 Å². The topological polar surface area (TPSA) is 42.1 Å². The van der Waals surface area contributed by atoms with Crippen molar-refractivity contribution in [3.8, 4) is 0 Å². The molecule has 3 nitrogen and oxygen atoms in total. The maximum absolute atomic E-state index is 12.7. The van der Waals surface area contributed by atoms with Gasteiger partial charge in [0.2, 0.25) is 0 Å². The lowest BCUT2D eigenvalue weighted by Crippen LogP contribution is -2.66. The molecule has 16 heavy (non-hydrogen) atoms. The van der Waals surface area contributed by atoms with Crippen LogP contribution in [0.1, 0.15) is 12.5 Å². The van der Waals surface area contributed by atoms with Gasteiger partial charge in [-0.1, -0.05) is 0 Å². The molecule has 0 spiro atoms. The molecule has 0 radical (unpaired) electrons. The van der Waals surface area contributed by atoms with E-state index < -0.39 is 17.3 Å². The molecule has 6 heteroatoms. The predicted molar refractivity (Wildman–Crippen MR) is 54.0 cm³/mol. The average Bonchev–Trinajstić information content (AvgIpc) is 2.12. The third-order valence-electron chi connectivity index (χ3n) is 2.50. The van der Waals surface area contributed by atoms with Crippen molar-refractivity contribution >= 4 is 5.82 Å². The van der Waals surface area contributed by atoms with E-state index in [9.17, 15) is 13.2 Å². The van der Waals surface area contributed by atoms with Gasteiger partial charge < -0.3 is 10.6 Å². The Morgan fingerprint density at radius 1 is 1.44 bits per heavy atom. The molecule has 0 atom stereocenters. The van der Waals surface area contributed by atoms with Crippen molar-refractivity contribution in [3.63, 3.8) is 0 Å². The Morgan fingerprint density at radius 3 is 2.56 bits per heavy atom. The molecule has 1 aromatic heterocycles. The quantitative estimate of drug-likeness (QED) is 0.798. The highest BCUT2D eigenvalue weighted by Gasteiger charge is 2.41. The zero-order valence-electron chi connectivity index (χ0n) is 8.75. The van der Waals surface area contributed by atoms with Crippen molar-refractivity contribution in [1.29, 1.82) is 0 Å². The molecule has 0 unspecified atom stereocenters. The van der Waals surface area contributed by atoms with Gasteiger partial charge in [0.1, 0.15) is 5.82 Å². The summed E-state index contributed by atoms with van der Waals surface area (Å²) in [7, 11) is 0. The van der Waals surface area contributed by atoms with Crippen LogP contribution in [-0.4, -0.2) is 23.6 Å². The summed E-state index contributed by atoms with van der Waals surface area (Å²) in [6, 6.07) is 2.32. The van der Waals surface area contributed by atoms with E-state index >= 15 is 0 Å². The first kappa shape index (κ1) is 11.2. The Bertz CT molecular complexity index is 393. The van der Waals surface area contributed by atoms with Crippen LogP contribution in [0.25, 0.3) is 0 Å². The van der Waals surface area contributed by atoms with Crippen molar-refractivity contribution in [2.24, 2.45) is 5.73 Å². The van der Waals surface area contributed by atoms with Crippen LogP contribution in [0.4, 0.5) is 19.0 Å². The van der Waals surface area contributed by atoms with Crippen molar-refractivity contribution in [2.45, 2.75) is 18.6 Å². The third-order valence-corrected chi connectivity index (χ3v) is 2.50. The van der Waals surface area contributed by atoms with Crippen LogP contribution in [0.3, 0.4) is 0 Å². The van der Waals surface area contributed by atoms with Gasteiger partial charge in [0, 0.05) is 24.8 Å². The summed E-state index contributed by atoms with van der Waals surface area (Å²) in [6.07, 6.45) is -3.01. The van der Waals surface area contributed by atoms with Crippen LogP contribution in [0.15, 0.2) is 18.3 Å². The number of anilines is 1. The molecule has 2 heterocycles. The number of nitrogens with zero attached hydrogens (tertiary/aromatic N) is 2. The first-order valence-corrected chi connectivity index (χ1v) is 4.86. The van der Waals surface area contributed by atoms with Gasteiger partial charge in [-0.25, -0.2) is 4.98 Å². The van der Waals surface area contributed by atoms with Gasteiger partial charge in [-0.2, -0.15) is 13.2 Å². The summed E-state index contributed by atoms with van der Waals surface area (Å²) in [5, 5.41) is 0. The number of pyridine rings is 1. The molecule has 0 aromatic carbocycles. The van der Waals surface area contributed by atoms with E-state index in [1.54, 1.807) is 11.8 Å². The molecular weight excluding hydrogens is 219 g/mol. The first-order chi connectivity index (χ1) is 7.30. The van der Waals surface area contributed by atoms with E-state index in [0.29, 0.717) is 13.1 Å². The third kappa shape index (κ3) is 1.97. The average molecular weight is 231 g/mol. The first-order valence-electron chi connectivity index (χ1n) is 4.86. The van der Waals surface area contributed by atoms with Crippen LogP contribution >= 0.6 is 0 Å². The second-order valence-corrected chi connectivity index (χ2v) is 4.38. The summed E-state index contributed by atoms with van der Waals surface area (Å²) in [5.74, 6) is -0.0297. The summed E-state index contributed by atoms with van der Waals surface area (Å²) in [5.41, 5.74) is 4.64. The van der Waals surface area contributed by atoms with Gasteiger partial charge in [0.05, 0.1) is 5.56 Å². The highest BCUT2D eigenvalue weighted by Crippen LogP contribution is 2.37. The molecule has 0 saturated carbocycles. The summed E-state index contributed by atoms with van der Waals surface area (Å²) < 4.78 is 38.0. The van der Waals surface area contributed by atoms with Gasteiger partial charge in [-0.15, -0.1) is 0 Å². The molecule has 1 saturated heterocycles. The number of alkyl halides is 3. The Kier molecular flexibility index (Phi) is 2.34. The molecule has 0 amide bonds. The van der Waals surface area contributed by atoms with E-state index in [1.165, 1.54) is 12.3 Å². The maximum atomic E-state index is 12.7. The summed E-state index contributed by atoms with van der Waals surface area (Å²) >= 11 is 0. The van der Waals surface area contributed by atoms with Crippen LogP contribution in [0, 0.1) is 0 Å². The van der Waals surface area contributed by atoms with E-state index in [-0.39, 0.29) is 5.82 Å². The molecule has 2 rings (SSSR count). The molecule has 88 valence electrons. The molecule has 1 aromatic rings. The molecule has 1 aliphatic rings. The molecule has 1 aliphatic heterocycles. The van der Waals surface area contributed by atoms with Crippen LogP contribution in [0.2, 0.25) is 0 Å². The second kappa shape index (κ2) is 3.35. The van der Waals surface area contributed by atoms with Gasteiger partial charge in [-0.3, -0.25) is 0 Å². The number of halogens is 3. The lowest BCUT2D eigenvalue weighted by molar-refractivity contribution is -0.137. The van der Waals surface area contributed by atoms with Gasteiger partial charge in [0.25, 0.3) is 0 Å². The Labute approximate surface area is 91.1 Å². The fraction of sp³-hybridized carbons (Fsp3) is 0.500. The minimum Gasteiger partial charge on any atom is -0.352 e. The molecule has 2 N–H and O–H groups in total. The van der Waals surface area contributed by atoms with Crippen LogP contribution in [-0.2, 0) is 6.18 Å². The summed E-state index contributed by atoms with van der Waals surface area (Å²) in [6.45, 7) is 2.60. The normalized spacial score (nSPS) is 19.4. The number of hydrogen-bond donors (Lipinski definition) is 1. The number of rotatable bonds is 1. The standard InChI is InChI=1S/C10H12F3N3/c1-9(14)5-16(6-9)8-7(10(11,12)13)3-2-4-15-8/h2-4H,5-6,14H2,1H3. The van der Waals surface area contributed by atoms with Crippen molar-refractivity contribution in [1.82, 2.24) is 4.98 Å². The number of nitrogens with two attached hydrogens (primary N) is 1. The largest absolute Gasteiger partial charge is 0.419 e. The fourth-order valence-corrected chi connectivity index (χ4v) is 1.85. The Balaban J connectivity index is 2.29. The smallest absolute Gasteiger partial charge is 0.352 e. The molecular formula is C10H12F3N3. The van der Waals surface area contributed by atoms with Gasteiger partial charge >= 0.3 is 6.18 Å². The highest BCUT2D eigenvalue weighted by molar-refractivity contribution is 5.52. The van der Waals surface area contributed by atoms with Crippen LogP contribution in [0.5, 0.6) is 0 Å². The SMILES string of the molecule is CC1(N)CN(c2ncccc2C(F)(F)F)C1. The lowest BCUT2D eigenvalue weighted by Gasteiger charge is -2.46.